The van der Waals surface area contributed by atoms with Crippen molar-refractivity contribution in [3.63, 3.8) is 0 Å². The maximum atomic E-state index is 12.9. The molecule has 2 aromatic carbocycles. The molecule has 0 aliphatic heterocycles. The van der Waals surface area contributed by atoms with Crippen LogP contribution in [0.2, 0.25) is 0 Å². The van der Waals surface area contributed by atoms with Gasteiger partial charge in [0.1, 0.15) is 12.4 Å². The molecule has 166 valence electrons. The number of anilines is 1. The number of benzene rings is 2. The van der Waals surface area contributed by atoms with Gasteiger partial charge in [0.05, 0.1) is 5.56 Å². The normalized spacial score (nSPS) is 11.1. The molecule has 2 heterocycles. The van der Waals surface area contributed by atoms with E-state index >= 15 is 0 Å². The van der Waals surface area contributed by atoms with Crippen molar-refractivity contribution in [2.75, 3.05) is 11.9 Å². The van der Waals surface area contributed by atoms with Gasteiger partial charge < -0.3 is 9.15 Å². The molecule has 1 N–H and O–H groups in total. The van der Waals surface area contributed by atoms with Gasteiger partial charge in [0.2, 0.25) is 5.89 Å². The van der Waals surface area contributed by atoms with Gasteiger partial charge in [-0.25, -0.2) is 0 Å². The van der Waals surface area contributed by atoms with Crippen molar-refractivity contribution in [3.8, 4) is 40.7 Å². The number of carbonyl (C=O) groups excluding carboxylic acids is 1. The topological polar surface area (TPSA) is 77.3 Å². The van der Waals surface area contributed by atoms with Gasteiger partial charge >= 0.3 is 12.2 Å². The standard InChI is InChI=1S/C23H14F3N3O3S/c1-2-7-31-19-11-16(15-6-8-33-13-15)9-17(12-19)21-28-29-22(32-21)27-20(30)14-4-3-5-18(10-14)23(24,25)26/h1,3-6,8-13H,7H2,(H,27,29,30). The van der Waals surface area contributed by atoms with E-state index in [0.29, 0.717) is 11.3 Å². The van der Waals surface area contributed by atoms with Crippen molar-refractivity contribution in [2.45, 2.75) is 6.18 Å². The summed E-state index contributed by atoms with van der Waals surface area (Å²) in [7, 11) is 0. The Hall–Kier alpha value is -4.10. The van der Waals surface area contributed by atoms with Crippen LogP contribution in [0.5, 0.6) is 5.75 Å². The number of nitrogens with one attached hydrogen (secondary N) is 1. The summed E-state index contributed by atoms with van der Waals surface area (Å²) in [5, 5.41) is 13.9. The van der Waals surface area contributed by atoms with Crippen molar-refractivity contribution < 1.29 is 27.1 Å². The van der Waals surface area contributed by atoms with Gasteiger partial charge in [-0.3, -0.25) is 10.1 Å². The highest BCUT2D eigenvalue weighted by atomic mass is 32.1. The summed E-state index contributed by atoms with van der Waals surface area (Å²) >= 11 is 1.53. The average Bonchev–Trinajstić information content (AvgIpc) is 3.49. The number of alkyl halides is 3. The number of hydrogen-bond donors (Lipinski definition) is 1. The van der Waals surface area contributed by atoms with Gasteiger partial charge in [0.15, 0.2) is 0 Å². The van der Waals surface area contributed by atoms with E-state index in [4.69, 9.17) is 15.6 Å². The van der Waals surface area contributed by atoms with E-state index in [0.717, 1.165) is 29.3 Å². The zero-order valence-corrected chi connectivity index (χ0v) is 17.5. The van der Waals surface area contributed by atoms with Gasteiger partial charge in [0.25, 0.3) is 5.91 Å². The lowest BCUT2D eigenvalue weighted by molar-refractivity contribution is -0.137. The fourth-order valence-electron chi connectivity index (χ4n) is 2.92. The quantitative estimate of drug-likeness (QED) is 0.364. The lowest BCUT2D eigenvalue weighted by Crippen LogP contribution is -2.14. The maximum Gasteiger partial charge on any atom is 0.416 e. The van der Waals surface area contributed by atoms with Crippen LogP contribution in [-0.2, 0) is 6.18 Å². The molecular formula is C23H14F3N3O3S. The molecule has 6 nitrogen and oxygen atoms in total. The number of halogens is 3. The van der Waals surface area contributed by atoms with Crippen molar-refractivity contribution in [1.29, 1.82) is 0 Å². The zero-order chi connectivity index (χ0) is 23.4. The maximum absolute atomic E-state index is 12.9. The minimum atomic E-state index is -4.57. The molecule has 0 bridgehead atoms. The summed E-state index contributed by atoms with van der Waals surface area (Å²) < 4.78 is 49.8. The Labute approximate surface area is 190 Å². The number of thiophene rings is 1. The number of amides is 1. The second kappa shape index (κ2) is 9.18. The minimum absolute atomic E-state index is 0.0641. The number of aromatic nitrogens is 2. The molecule has 0 radical (unpaired) electrons. The number of ether oxygens (including phenoxy) is 1. The van der Waals surface area contributed by atoms with Gasteiger partial charge in [-0.1, -0.05) is 17.1 Å². The second-order valence-electron chi connectivity index (χ2n) is 6.70. The first-order valence-corrected chi connectivity index (χ1v) is 10.3. The first-order chi connectivity index (χ1) is 15.8. The predicted molar refractivity (Wildman–Crippen MR) is 117 cm³/mol. The van der Waals surface area contributed by atoms with Gasteiger partial charge in [-0.05, 0) is 64.4 Å². The number of terminal acetylenes is 1. The molecule has 0 aliphatic rings. The van der Waals surface area contributed by atoms with Gasteiger partial charge in [0, 0.05) is 11.1 Å². The summed E-state index contributed by atoms with van der Waals surface area (Å²) in [6, 6.07) is 11.0. The second-order valence-corrected chi connectivity index (χ2v) is 7.48. The Morgan fingerprint density at radius 1 is 1.12 bits per heavy atom. The van der Waals surface area contributed by atoms with E-state index < -0.39 is 17.6 Å². The third kappa shape index (κ3) is 5.22. The SMILES string of the molecule is C#CCOc1cc(-c2ccsc2)cc(-c2nnc(NC(=O)c3cccc(C(F)(F)F)c3)o2)c1. The van der Waals surface area contributed by atoms with Crippen LogP contribution in [0.1, 0.15) is 15.9 Å². The Balaban J connectivity index is 1.59. The number of rotatable bonds is 6. The smallest absolute Gasteiger partial charge is 0.416 e. The van der Waals surface area contributed by atoms with Crippen LogP contribution < -0.4 is 10.1 Å². The fourth-order valence-corrected chi connectivity index (χ4v) is 3.59. The highest BCUT2D eigenvalue weighted by molar-refractivity contribution is 7.08. The molecule has 10 heteroatoms. The molecule has 0 fully saturated rings. The highest BCUT2D eigenvalue weighted by Gasteiger charge is 2.31. The molecule has 0 unspecified atom stereocenters. The third-order valence-corrected chi connectivity index (χ3v) is 5.11. The lowest BCUT2D eigenvalue weighted by Gasteiger charge is -2.08. The lowest BCUT2D eigenvalue weighted by atomic mass is 10.1. The fraction of sp³-hybridized carbons (Fsp3) is 0.0870. The average molecular weight is 469 g/mol. The number of nitrogens with zero attached hydrogens (tertiary/aromatic N) is 2. The van der Waals surface area contributed by atoms with E-state index in [1.807, 2.05) is 22.9 Å². The van der Waals surface area contributed by atoms with E-state index in [1.165, 1.54) is 17.4 Å². The monoisotopic (exact) mass is 469 g/mol. The van der Waals surface area contributed by atoms with E-state index in [9.17, 15) is 18.0 Å². The number of carbonyl (C=O) groups is 1. The van der Waals surface area contributed by atoms with Crippen LogP contribution in [-0.4, -0.2) is 22.7 Å². The molecule has 0 aliphatic carbocycles. The van der Waals surface area contributed by atoms with Crippen LogP contribution >= 0.6 is 11.3 Å². The molecule has 33 heavy (non-hydrogen) atoms. The van der Waals surface area contributed by atoms with Crippen molar-refractivity contribution >= 4 is 23.3 Å². The minimum Gasteiger partial charge on any atom is -0.481 e. The van der Waals surface area contributed by atoms with Crippen LogP contribution in [0.25, 0.3) is 22.6 Å². The molecule has 2 aromatic heterocycles. The Bertz CT molecular complexity index is 1320. The summed E-state index contributed by atoms with van der Waals surface area (Å²) in [5.74, 6) is 2.14. The Kier molecular flexibility index (Phi) is 6.15. The zero-order valence-electron chi connectivity index (χ0n) is 16.7. The molecule has 0 spiro atoms. The molecule has 0 saturated heterocycles. The van der Waals surface area contributed by atoms with Crippen molar-refractivity contribution in [1.82, 2.24) is 10.2 Å². The van der Waals surface area contributed by atoms with Gasteiger partial charge in [-0.2, -0.15) is 24.5 Å². The van der Waals surface area contributed by atoms with Crippen LogP contribution in [0.3, 0.4) is 0 Å². The molecule has 0 saturated carbocycles. The van der Waals surface area contributed by atoms with Crippen LogP contribution in [0, 0.1) is 12.3 Å². The van der Waals surface area contributed by atoms with Crippen molar-refractivity contribution in [3.05, 3.63) is 70.4 Å². The third-order valence-electron chi connectivity index (χ3n) is 4.43. The highest BCUT2D eigenvalue weighted by Crippen LogP contribution is 2.33. The molecule has 0 atom stereocenters. The summed E-state index contributed by atoms with van der Waals surface area (Å²) in [6.45, 7) is 0.0641. The first-order valence-electron chi connectivity index (χ1n) is 9.40. The van der Waals surface area contributed by atoms with Gasteiger partial charge in [-0.15, -0.1) is 11.5 Å². The summed E-state index contributed by atoms with van der Waals surface area (Å²) in [5.41, 5.74) is 1.15. The summed E-state index contributed by atoms with van der Waals surface area (Å²) in [4.78, 5) is 12.4. The van der Waals surface area contributed by atoms with Crippen molar-refractivity contribution in [2.24, 2.45) is 0 Å². The molecule has 1 amide bonds. The number of hydrogen-bond acceptors (Lipinski definition) is 6. The van der Waals surface area contributed by atoms with E-state index in [2.05, 4.69) is 21.4 Å². The summed E-state index contributed by atoms with van der Waals surface area (Å²) in [6.07, 6.45) is 0.703. The van der Waals surface area contributed by atoms with Crippen LogP contribution in [0.4, 0.5) is 19.2 Å². The molecule has 4 rings (SSSR count). The largest absolute Gasteiger partial charge is 0.481 e. The van der Waals surface area contributed by atoms with Crippen LogP contribution in [0.15, 0.2) is 63.7 Å². The molecule has 4 aromatic rings. The first kappa shape index (κ1) is 22.1. The van der Waals surface area contributed by atoms with E-state index in [1.54, 1.807) is 12.1 Å². The predicted octanol–water partition coefficient (Wildman–Crippen LogP) is 5.75. The Morgan fingerprint density at radius 3 is 2.67 bits per heavy atom. The van der Waals surface area contributed by atoms with E-state index in [-0.39, 0.29) is 24.1 Å². The molecular weight excluding hydrogens is 455 g/mol. The Morgan fingerprint density at radius 2 is 1.94 bits per heavy atom.